The molecule has 2 fully saturated rings. The lowest BCUT2D eigenvalue weighted by Crippen LogP contribution is -2.41. The molecule has 2 rings (SSSR count). The molecule has 2 unspecified atom stereocenters. The molecular formula is C17H34IN3O2S. The fourth-order valence-electron chi connectivity index (χ4n) is 3.58. The van der Waals surface area contributed by atoms with Gasteiger partial charge in [0.1, 0.15) is 0 Å². The van der Waals surface area contributed by atoms with Gasteiger partial charge < -0.3 is 10.2 Å². The topological polar surface area (TPSA) is 61.8 Å². The zero-order valence-electron chi connectivity index (χ0n) is 15.5. The number of sulfone groups is 1. The van der Waals surface area contributed by atoms with Gasteiger partial charge in [-0.1, -0.05) is 12.8 Å². The zero-order valence-corrected chi connectivity index (χ0v) is 18.7. The molecule has 0 radical (unpaired) electrons. The predicted octanol–water partition coefficient (Wildman–Crippen LogP) is 2.91. The van der Waals surface area contributed by atoms with Gasteiger partial charge >= 0.3 is 0 Å². The van der Waals surface area contributed by atoms with E-state index >= 15 is 0 Å². The number of likely N-dealkylation sites (tertiary alicyclic amines) is 1. The minimum atomic E-state index is -3.11. The Hall–Kier alpha value is -0.0500. The lowest BCUT2D eigenvalue weighted by atomic mass is 9.82. The number of hydrogen-bond acceptors (Lipinski definition) is 3. The van der Waals surface area contributed by atoms with E-state index in [2.05, 4.69) is 22.1 Å². The Morgan fingerprint density at radius 1 is 1.17 bits per heavy atom. The standard InChI is InChI=1S/C17H33N3O2S.HI/c1-5-18-16(19-10-11-23(21,22)17(2,3)4)20-12-14-8-6-7-9-15(14)13-20;/h14-15H,5-13H2,1-4H3,(H,18,19);1H. The number of aliphatic imine (C=N–C) groups is 1. The number of hydrogen-bond donors (Lipinski definition) is 1. The molecule has 1 aliphatic heterocycles. The molecule has 0 spiro atoms. The normalized spacial score (nSPS) is 25.2. The van der Waals surface area contributed by atoms with Crippen LogP contribution in [0.4, 0.5) is 0 Å². The van der Waals surface area contributed by atoms with Crippen molar-refractivity contribution in [2.75, 3.05) is 31.9 Å². The molecule has 142 valence electrons. The summed E-state index contributed by atoms with van der Waals surface area (Å²) >= 11 is 0. The van der Waals surface area contributed by atoms with Crippen molar-refractivity contribution in [2.45, 2.75) is 58.1 Å². The summed E-state index contributed by atoms with van der Waals surface area (Å²) in [5.41, 5.74) is 0. The van der Waals surface area contributed by atoms with Crippen LogP contribution in [0.25, 0.3) is 0 Å². The first-order valence-electron chi connectivity index (χ1n) is 9.00. The molecular weight excluding hydrogens is 437 g/mol. The van der Waals surface area contributed by atoms with E-state index in [1.807, 2.05) is 0 Å². The molecule has 0 amide bonds. The largest absolute Gasteiger partial charge is 0.357 e. The molecule has 24 heavy (non-hydrogen) atoms. The van der Waals surface area contributed by atoms with Crippen molar-refractivity contribution in [3.05, 3.63) is 0 Å². The molecule has 1 N–H and O–H groups in total. The average molecular weight is 471 g/mol. The number of halogens is 1. The lowest BCUT2D eigenvalue weighted by molar-refractivity contribution is 0.299. The third kappa shape index (κ3) is 5.47. The van der Waals surface area contributed by atoms with Crippen LogP contribution in [-0.2, 0) is 9.84 Å². The SMILES string of the molecule is CCNC(=NCCS(=O)(=O)C(C)(C)C)N1CC2CCCCC2C1.I. The summed E-state index contributed by atoms with van der Waals surface area (Å²) in [4.78, 5) is 6.95. The lowest BCUT2D eigenvalue weighted by Gasteiger charge is -2.22. The van der Waals surface area contributed by atoms with Crippen LogP contribution in [-0.4, -0.2) is 56.0 Å². The van der Waals surface area contributed by atoms with Gasteiger partial charge in [0.2, 0.25) is 0 Å². The van der Waals surface area contributed by atoms with Crippen molar-refractivity contribution in [3.63, 3.8) is 0 Å². The Labute approximate surface area is 165 Å². The highest BCUT2D eigenvalue weighted by atomic mass is 127. The van der Waals surface area contributed by atoms with Crippen molar-refractivity contribution in [1.29, 1.82) is 0 Å². The number of rotatable bonds is 4. The van der Waals surface area contributed by atoms with Gasteiger partial charge in [-0.05, 0) is 52.4 Å². The van der Waals surface area contributed by atoms with Gasteiger partial charge in [-0.25, -0.2) is 8.42 Å². The highest BCUT2D eigenvalue weighted by Gasteiger charge is 2.35. The number of nitrogens with one attached hydrogen (secondary N) is 1. The first-order valence-corrected chi connectivity index (χ1v) is 10.7. The quantitative estimate of drug-likeness (QED) is 0.389. The molecule has 2 aliphatic rings. The van der Waals surface area contributed by atoms with Gasteiger partial charge in [-0.3, -0.25) is 4.99 Å². The van der Waals surface area contributed by atoms with Crippen LogP contribution >= 0.6 is 24.0 Å². The Bertz CT molecular complexity index is 514. The maximum Gasteiger partial charge on any atom is 0.193 e. The van der Waals surface area contributed by atoms with E-state index < -0.39 is 14.6 Å². The van der Waals surface area contributed by atoms with Crippen molar-refractivity contribution >= 4 is 39.8 Å². The molecule has 1 saturated heterocycles. The first-order chi connectivity index (χ1) is 10.7. The van der Waals surface area contributed by atoms with Gasteiger partial charge in [0.25, 0.3) is 0 Å². The van der Waals surface area contributed by atoms with Gasteiger partial charge in [-0.2, -0.15) is 0 Å². The molecule has 5 nitrogen and oxygen atoms in total. The molecule has 1 heterocycles. The minimum absolute atomic E-state index is 0. The number of nitrogens with zero attached hydrogens (tertiary/aromatic N) is 2. The van der Waals surface area contributed by atoms with Crippen LogP contribution in [0.1, 0.15) is 53.4 Å². The first kappa shape index (κ1) is 22.0. The fraction of sp³-hybridized carbons (Fsp3) is 0.941. The van der Waals surface area contributed by atoms with E-state index in [0.717, 1.165) is 37.4 Å². The molecule has 7 heteroatoms. The second-order valence-electron chi connectivity index (χ2n) is 7.88. The minimum Gasteiger partial charge on any atom is -0.357 e. The van der Waals surface area contributed by atoms with E-state index in [1.54, 1.807) is 20.8 Å². The summed E-state index contributed by atoms with van der Waals surface area (Å²) < 4.78 is 23.7. The second-order valence-corrected chi connectivity index (χ2v) is 10.7. The summed E-state index contributed by atoms with van der Waals surface area (Å²) in [5, 5.41) is 3.34. The smallest absolute Gasteiger partial charge is 0.193 e. The molecule has 0 aromatic heterocycles. The molecule has 2 atom stereocenters. The van der Waals surface area contributed by atoms with Crippen molar-refractivity contribution in [2.24, 2.45) is 16.8 Å². The number of guanidine groups is 1. The third-order valence-electron chi connectivity index (χ3n) is 5.17. The zero-order chi connectivity index (χ0) is 17.1. The van der Waals surface area contributed by atoms with Gasteiger partial charge in [-0.15, -0.1) is 24.0 Å². The van der Waals surface area contributed by atoms with Crippen LogP contribution in [0.15, 0.2) is 4.99 Å². The predicted molar refractivity (Wildman–Crippen MR) is 112 cm³/mol. The molecule has 0 bridgehead atoms. The van der Waals surface area contributed by atoms with E-state index in [-0.39, 0.29) is 29.7 Å². The fourth-order valence-corrected chi connectivity index (χ4v) is 4.53. The van der Waals surface area contributed by atoms with Crippen LogP contribution in [0.3, 0.4) is 0 Å². The monoisotopic (exact) mass is 471 g/mol. The van der Waals surface area contributed by atoms with Crippen molar-refractivity contribution < 1.29 is 8.42 Å². The highest BCUT2D eigenvalue weighted by Crippen LogP contribution is 2.35. The summed E-state index contributed by atoms with van der Waals surface area (Å²) in [6.07, 6.45) is 5.37. The van der Waals surface area contributed by atoms with E-state index in [4.69, 9.17) is 0 Å². The molecule has 1 aliphatic carbocycles. The van der Waals surface area contributed by atoms with E-state index in [1.165, 1.54) is 25.7 Å². The Morgan fingerprint density at radius 3 is 2.17 bits per heavy atom. The van der Waals surface area contributed by atoms with Crippen LogP contribution in [0.5, 0.6) is 0 Å². The summed E-state index contributed by atoms with van der Waals surface area (Å²) in [6, 6.07) is 0. The third-order valence-corrected chi connectivity index (χ3v) is 7.75. The van der Waals surface area contributed by atoms with Crippen molar-refractivity contribution in [1.82, 2.24) is 10.2 Å². The van der Waals surface area contributed by atoms with Gasteiger partial charge in [0, 0.05) is 19.6 Å². The summed E-state index contributed by atoms with van der Waals surface area (Å²) in [7, 11) is -3.11. The molecule has 0 aromatic rings. The summed E-state index contributed by atoms with van der Waals surface area (Å²) in [6.45, 7) is 10.6. The van der Waals surface area contributed by atoms with Gasteiger partial charge in [0.05, 0.1) is 17.0 Å². The van der Waals surface area contributed by atoms with Gasteiger partial charge in [0.15, 0.2) is 15.8 Å². The van der Waals surface area contributed by atoms with Crippen LogP contribution < -0.4 is 5.32 Å². The van der Waals surface area contributed by atoms with Crippen LogP contribution in [0, 0.1) is 11.8 Å². The maximum atomic E-state index is 12.2. The average Bonchev–Trinajstić information content (AvgIpc) is 2.88. The van der Waals surface area contributed by atoms with Crippen molar-refractivity contribution in [3.8, 4) is 0 Å². The maximum absolute atomic E-state index is 12.2. The van der Waals surface area contributed by atoms with E-state index in [9.17, 15) is 8.42 Å². The Morgan fingerprint density at radius 2 is 1.71 bits per heavy atom. The number of fused-ring (bicyclic) bond motifs is 1. The second kappa shape index (κ2) is 9.05. The molecule has 0 aromatic carbocycles. The Kier molecular flexibility index (Phi) is 8.29. The Balaban J connectivity index is 0.00000288. The summed E-state index contributed by atoms with van der Waals surface area (Å²) in [5.74, 6) is 2.61. The van der Waals surface area contributed by atoms with Crippen LogP contribution in [0.2, 0.25) is 0 Å². The highest BCUT2D eigenvalue weighted by molar-refractivity contribution is 14.0. The molecule has 1 saturated carbocycles. The van der Waals surface area contributed by atoms with E-state index in [0.29, 0.717) is 6.54 Å².